The normalized spacial score (nSPS) is 20.0. The minimum absolute atomic E-state index is 0.0522. The molecule has 3 amide bonds. The minimum Gasteiger partial charge on any atom is -0.444 e. The van der Waals surface area contributed by atoms with Crippen LogP contribution in [0.15, 0.2) is 36.5 Å². The van der Waals surface area contributed by atoms with E-state index in [-0.39, 0.29) is 29.9 Å². The molecule has 2 atom stereocenters. The summed E-state index contributed by atoms with van der Waals surface area (Å²) in [6, 6.07) is 11.1. The van der Waals surface area contributed by atoms with Gasteiger partial charge in [-0.15, -0.1) is 0 Å². The van der Waals surface area contributed by atoms with Crippen LogP contribution in [0.1, 0.15) is 56.6 Å². The van der Waals surface area contributed by atoms with Crippen molar-refractivity contribution in [3.05, 3.63) is 47.8 Å². The van der Waals surface area contributed by atoms with E-state index in [9.17, 15) is 14.4 Å². The monoisotopic (exact) mass is 520 g/mol. The number of piperazine rings is 1. The predicted molar refractivity (Wildman–Crippen MR) is 144 cm³/mol. The van der Waals surface area contributed by atoms with Gasteiger partial charge in [0.25, 0.3) is 5.91 Å². The highest BCUT2D eigenvalue weighted by Gasteiger charge is 2.37. The number of carbonyl (C=O) groups excluding carboxylic acids is 3. The number of hydrogen-bond acceptors (Lipinski definition) is 6. The van der Waals surface area contributed by atoms with Crippen LogP contribution in [0.25, 0.3) is 0 Å². The summed E-state index contributed by atoms with van der Waals surface area (Å²) in [5, 5.41) is 11.7. The number of nitriles is 1. The molecule has 2 fully saturated rings. The van der Waals surface area contributed by atoms with Crippen LogP contribution in [0.4, 0.5) is 16.2 Å². The molecule has 38 heavy (non-hydrogen) atoms. The summed E-state index contributed by atoms with van der Waals surface area (Å²) in [5.74, 6) is -0.419. The first-order chi connectivity index (χ1) is 18.0. The Hall–Kier alpha value is -4.00. The van der Waals surface area contributed by atoms with Crippen molar-refractivity contribution in [2.75, 3.05) is 42.9 Å². The Morgan fingerprint density at radius 1 is 1.08 bits per heavy atom. The van der Waals surface area contributed by atoms with E-state index in [0.29, 0.717) is 49.7 Å². The number of anilines is 2. The third-order valence-corrected chi connectivity index (χ3v) is 7.00. The van der Waals surface area contributed by atoms with Crippen molar-refractivity contribution in [3.8, 4) is 6.07 Å². The Balaban J connectivity index is 1.28. The minimum atomic E-state index is -0.571. The lowest BCUT2D eigenvalue weighted by atomic mass is 9.92. The Morgan fingerprint density at radius 3 is 2.37 bits per heavy atom. The number of H-pyrrole nitrogens is 1. The second kappa shape index (κ2) is 11.2. The highest BCUT2D eigenvalue weighted by atomic mass is 16.6. The first-order valence-corrected chi connectivity index (χ1v) is 13.1. The molecule has 0 unspecified atom stereocenters. The summed E-state index contributed by atoms with van der Waals surface area (Å²) >= 11 is 0. The molecule has 0 aliphatic carbocycles. The van der Waals surface area contributed by atoms with E-state index in [1.807, 2.05) is 62.9 Å². The molecule has 0 bridgehead atoms. The van der Waals surface area contributed by atoms with Crippen LogP contribution in [-0.2, 0) is 9.53 Å². The van der Waals surface area contributed by atoms with E-state index < -0.39 is 5.60 Å². The van der Waals surface area contributed by atoms with Crippen LogP contribution in [0.5, 0.6) is 0 Å². The van der Waals surface area contributed by atoms with Crippen LogP contribution >= 0.6 is 0 Å². The Labute approximate surface area is 223 Å². The number of carbonyl (C=O) groups is 3. The maximum atomic E-state index is 13.3. The fourth-order valence-electron chi connectivity index (χ4n) is 4.87. The number of piperidine rings is 1. The molecular weight excluding hydrogens is 484 g/mol. The van der Waals surface area contributed by atoms with Crippen molar-refractivity contribution in [2.45, 2.75) is 52.2 Å². The summed E-state index contributed by atoms with van der Waals surface area (Å²) in [4.78, 5) is 47.0. The number of aromatic amines is 1. The first kappa shape index (κ1) is 27.0. The number of benzene rings is 1. The summed E-state index contributed by atoms with van der Waals surface area (Å²) in [7, 11) is 0. The molecule has 2 aromatic rings. The van der Waals surface area contributed by atoms with E-state index in [1.54, 1.807) is 4.90 Å². The van der Waals surface area contributed by atoms with Crippen molar-refractivity contribution in [1.82, 2.24) is 14.8 Å². The molecular formula is C28H36N6O4. The smallest absolute Gasteiger partial charge is 0.410 e. The van der Waals surface area contributed by atoms with Crippen molar-refractivity contribution in [3.63, 3.8) is 0 Å². The maximum absolute atomic E-state index is 13.3. The van der Waals surface area contributed by atoms with Gasteiger partial charge in [0.1, 0.15) is 17.4 Å². The Bertz CT molecular complexity index is 1200. The van der Waals surface area contributed by atoms with Gasteiger partial charge >= 0.3 is 6.09 Å². The summed E-state index contributed by atoms with van der Waals surface area (Å²) < 4.78 is 5.56. The number of ether oxygens (including phenoxy) is 1. The Morgan fingerprint density at radius 2 is 1.76 bits per heavy atom. The van der Waals surface area contributed by atoms with Gasteiger partial charge in [-0.25, -0.2) is 4.79 Å². The zero-order valence-corrected chi connectivity index (χ0v) is 22.5. The predicted octanol–water partition coefficient (Wildman–Crippen LogP) is 3.82. The van der Waals surface area contributed by atoms with Crippen molar-refractivity contribution >= 4 is 29.3 Å². The first-order valence-electron chi connectivity index (χ1n) is 13.1. The lowest BCUT2D eigenvalue weighted by Crippen LogP contribution is -2.54. The SMILES string of the molecule is C[C@@H]1CC[C@@H](C(=O)N2CCN(c3ccc(NC(=O)c4cc(C#N)c[nH]4)cc3)CC2)CN1C(=O)OC(C)(C)C. The van der Waals surface area contributed by atoms with E-state index in [0.717, 1.165) is 18.5 Å². The second-order valence-electron chi connectivity index (χ2n) is 11.0. The third-order valence-electron chi connectivity index (χ3n) is 7.00. The molecule has 1 aromatic heterocycles. The van der Waals surface area contributed by atoms with E-state index in [4.69, 9.17) is 10.00 Å². The molecule has 2 N–H and O–H groups in total. The topological polar surface area (TPSA) is 122 Å². The lowest BCUT2D eigenvalue weighted by molar-refractivity contribution is -0.138. The lowest BCUT2D eigenvalue weighted by Gasteiger charge is -2.41. The van der Waals surface area contributed by atoms with Crippen LogP contribution < -0.4 is 10.2 Å². The highest BCUT2D eigenvalue weighted by Crippen LogP contribution is 2.27. The summed E-state index contributed by atoms with van der Waals surface area (Å²) in [6.07, 6.45) is 2.69. The average Bonchev–Trinajstić information content (AvgIpc) is 3.38. The second-order valence-corrected chi connectivity index (χ2v) is 11.0. The van der Waals surface area contributed by atoms with E-state index in [1.165, 1.54) is 12.3 Å². The quantitative estimate of drug-likeness (QED) is 0.632. The molecule has 10 nitrogen and oxygen atoms in total. The zero-order valence-electron chi connectivity index (χ0n) is 22.5. The van der Waals surface area contributed by atoms with E-state index >= 15 is 0 Å². The maximum Gasteiger partial charge on any atom is 0.410 e. The van der Waals surface area contributed by atoms with Gasteiger partial charge in [-0.3, -0.25) is 9.59 Å². The molecule has 202 valence electrons. The summed E-state index contributed by atoms with van der Waals surface area (Å²) in [6.45, 7) is 10.6. The largest absolute Gasteiger partial charge is 0.444 e. The Kier molecular flexibility index (Phi) is 7.95. The number of nitrogens with zero attached hydrogens (tertiary/aromatic N) is 4. The molecule has 0 radical (unpaired) electrons. The van der Waals surface area contributed by atoms with Gasteiger partial charge in [0.2, 0.25) is 5.91 Å². The van der Waals surface area contributed by atoms with Crippen molar-refractivity contribution in [1.29, 1.82) is 5.26 Å². The number of amides is 3. The van der Waals surface area contributed by atoms with Crippen molar-refractivity contribution < 1.29 is 19.1 Å². The molecule has 3 heterocycles. The molecule has 2 aliphatic heterocycles. The van der Waals surface area contributed by atoms with Gasteiger partial charge < -0.3 is 29.7 Å². The van der Waals surface area contributed by atoms with Gasteiger partial charge in [-0.05, 0) is 70.9 Å². The molecule has 2 saturated heterocycles. The summed E-state index contributed by atoms with van der Waals surface area (Å²) in [5.41, 5.74) is 1.83. The number of rotatable bonds is 4. The van der Waals surface area contributed by atoms with Crippen molar-refractivity contribution in [2.24, 2.45) is 5.92 Å². The van der Waals surface area contributed by atoms with Gasteiger partial charge in [0.15, 0.2) is 0 Å². The number of aromatic nitrogens is 1. The van der Waals surface area contributed by atoms with Crippen LogP contribution in [-0.4, -0.2) is 77.1 Å². The fourth-order valence-corrected chi connectivity index (χ4v) is 4.87. The number of hydrogen-bond donors (Lipinski definition) is 2. The highest BCUT2D eigenvalue weighted by molar-refractivity contribution is 6.03. The van der Waals surface area contributed by atoms with Gasteiger partial charge in [0.05, 0.1) is 11.5 Å². The molecule has 1 aromatic carbocycles. The number of nitrogens with one attached hydrogen (secondary N) is 2. The molecule has 10 heteroatoms. The standard InChI is InChI=1S/C28H36N6O4/c1-19-5-6-21(18-34(19)27(37)38-28(2,3)4)26(36)33-13-11-32(12-14-33)23-9-7-22(8-10-23)31-25(35)24-15-20(16-29)17-30-24/h7-10,15,17,19,21,30H,5-6,11-14,18H2,1-4H3,(H,31,35)/t19-,21-/m1/s1. The van der Waals surface area contributed by atoms with Gasteiger partial charge in [-0.2, -0.15) is 5.26 Å². The molecule has 2 aliphatic rings. The third kappa shape index (κ3) is 6.46. The van der Waals surface area contributed by atoms with Gasteiger partial charge in [-0.1, -0.05) is 0 Å². The van der Waals surface area contributed by atoms with E-state index in [2.05, 4.69) is 15.2 Å². The average molecular weight is 521 g/mol. The zero-order chi connectivity index (χ0) is 27.4. The molecule has 0 saturated carbocycles. The van der Waals surface area contributed by atoms with Gasteiger partial charge in [0, 0.05) is 56.3 Å². The van der Waals surface area contributed by atoms with Crippen LogP contribution in [0, 0.1) is 17.2 Å². The van der Waals surface area contributed by atoms with Crippen LogP contribution in [0.3, 0.4) is 0 Å². The molecule has 0 spiro atoms. The number of likely N-dealkylation sites (tertiary alicyclic amines) is 1. The van der Waals surface area contributed by atoms with Crippen LogP contribution in [0.2, 0.25) is 0 Å². The molecule has 4 rings (SSSR count). The fraction of sp³-hybridized carbons (Fsp3) is 0.500.